The highest BCUT2D eigenvalue weighted by Crippen LogP contribution is 2.16. The van der Waals surface area contributed by atoms with Gasteiger partial charge in [-0.05, 0) is 12.1 Å². The molecular weight excluding hydrogens is 198 g/mol. The lowest BCUT2D eigenvalue weighted by molar-refractivity contribution is 0.0963. The maximum absolute atomic E-state index is 11.7. The Kier molecular flexibility index (Phi) is 3.70. The molecule has 0 aliphatic rings. The number of hydrogen-bond donors (Lipinski definition) is 1. The van der Waals surface area contributed by atoms with E-state index in [-0.39, 0.29) is 12.2 Å². The molecule has 0 amide bonds. The van der Waals surface area contributed by atoms with Crippen LogP contribution in [0, 0.1) is 12.3 Å². The molecule has 0 aliphatic carbocycles. The Morgan fingerprint density at radius 2 is 2.21 bits per heavy atom. The minimum Gasteiger partial charge on any atom is -0.320 e. The molecule has 1 aromatic rings. The standard InChI is InChI=1S/C11H10ClNO/c1-2-5-10(13)11(14)8-6-3-4-7-9(8)12/h1,3-4,6-7,10H,5,13H2. The van der Waals surface area contributed by atoms with E-state index < -0.39 is 6.04 Å². The molecule has 0 heterocycles. The third-order valence-electron chi connectivity index (χ3n) is 1.81. The average molecular weight is 208 g/mol. The third kappa shape index (κ3) is 2.35. The van der Waals surface area contributed by atoms with Crippen molar-refractivity contribution < 1.29 is 4.79 Å². The molecule has 14 heavy (non-hydrogen) atoms. The van der Waals surface area contributed by atoms with Gasteiger partial charge in [0, 0.05) is 12.0 Å². The molecule has 3 heteroatoms. The van der Waals surface area contributed by atoms with Crippen molar-refractivity contribution in [1.29, 1.82) is 0 Å². The van der Waals surface area contributed by atoms with E-state index in [9.17, 15) is 4.79 Å². The molecule has 2 nitrogen and oxygen atoms in total. The number of terminal acetylenes is 1. The van der Waals surface area contributed by atoms with E-state index in [1.165, 1.54) is 0 Å². The van der Waals surface area contributed by atoms with Crippen molar-refractivity contribution in [2.45, 2.75) is 12.5 Å². The van der Waals surface area contributed by atoms with Gasteiger partial charge in [0.15, 0.2) is 5.78 Å². The minimum absolute atomic E-state index is 0.214. The summed E-state index contributed by atoms with van der Waals surface area (Å²) in [5, 5.41) is 0.407. The van der Waals surface area contributed by atoms with Crippen LogP contribution < -0.4 is 5.73 Å². The predicted octanol–water partition coefficient (Wildman–Crippen LogP) is 1.87. The van der Waals surface area contributed by atoms with Crippen molar-refractivity contribution in [3.8, 4) is 12.3 Å². The van der Waals surface area contributed by atoms with Gasteiger partial charge in [0.25, 0.3) is 0 Å². The number of halogens is 1. The largest absolute Gasteiger partial charge is 0.320 e. The summed E-state index contributed by atoms with van der Waals surface area (Å²) in [4.78, 5) is 11.7. The van der Waals surface area contributed by atoms with Crippen molar-refractivity contribution in [2.75, 3.05) is 0 Å². The highest BCUT2D eigenvalue weighted by Gasteiger charge is 2.16. The Morgan fingerprint density at radius 1 is 1.57 bits per heavy atom. The van der Waals surface area contributed by atoms with Crippen LogP contribution >= 0.6 is 11.6 Å². The fourth-order valence-electron chi connectivity index (χ4n) is 1.08. The van der Waals surface area contributed by atoms with Crippen molar-refractivity contribution in [1.82, 2.24) is 0 Å². The van der Waals surface area contributed by atoms with E-state index in [0.29, 0.717) is 10.6 Å². The summed E-state index contributed by atoms with van der Waals surface area (Å²) in [6.45, 7) is 0. The van der Waals surface area contributed by atoms with Crippen LogP contribution in [-0.2, 0) is 0 Å². The fraction of sp³-hybridized carbons (Fsp3) is 0.182. The first-order chi connectivity index (χ1) is 6.66. The molecule has 2 N–H and O–H groups in total. The summed E-state index contributed by atoms with van der Waals surface area (Å²) in [7, 11) is 0. The van der Waals surface area contributed by atoms with E-state index in [4.69, 9.17) is 23.8 Å². The monoisotopic (exact) mass is 207 g/mol. The normalized spacial score (nSPS) is 11.8. The smallest absolute Gasteiger partial charge is 0.181 e. The van der Waals surface area contributed by atoms with Gasteiger partial charge >= 0.3 is 0 Å². The number of hydrogen-bond acceptors (Lipinski definition) is 2. The first kappa shape index (κ1) is 10.8. The van der Waals surface area contributed by atoms with Crippen LogP contribution in [0.4, 0.5) is 0 Å². The van der Waals surface area contributed by atoms with Crippen molar-refractivity contribution >= 4 is 17.4 Å². The summed E-state index contributed by atoms with van der Waals surface area (Å²) in [6.07, 6.45) is 5.29. The lowest BCUT2D eigenvalue weighted by Crippen LogP contribution is -2.30. The van der Waals surface area contributed by atoms with Gasteiger partial charge in [-0.2, -0.15) is 0 Å². The Hall–Kier alpha value is -1.30. The second-order valence-electron chi connectivity index (χ2n) is 2.86. The Bertz CT molecular complexity index is 381. The van der Waals surface area contributed by atoms with Crippen LogP contribution in [0.15, 0.2) is 24.3 Å². The summed E-state index contributed by atoms with van der Waals surface area (Å²) >= 11 is 5.84. The number of ketones is 1. The average Bonchev–Trinajstić information content (AvgIpc) is 2.18. The van der Waals surface area contributed by atoms with Crippen molar-refractivity contribution in [3.05, 3.63) is 34.9 Å². The van der Waals surface area contributed by atoms with Crippen molar-refractivity contribution in [3.63, 3.8) is 0 Å². The van der Waals surface area contributed by atoms with Gasteiger partial charge in [-0.15, -0.1) is 12.3 Å². The molecular formula is C11H10ClNO. The van der Waals surface area contributed by atoms with Gasteiger partial charge in [0.05, 0.1) is 11.1 Å². The van der Waals surface area contributed by atoms with Gasteiger partial charge < -0.3 is 5.73 Å². The van der Waals surface area contributed by atoms with Crippen LogP contribution in [0.3, 0.4) is 0 Å². The maximum atomic E-state index is 11.7. The summed E-state index contributed by atoms with van der Waals surface area (Å²) in [5.41, 5.74) is 6.01. The SMILES string of the molecule is C#CCC(N)C(=O)c1ccccc1Cl. The highest BCUT2D eigenvalue weighted by molar-refractivity contribution is 6.34. The molecule has 1 aromatic carbocycles. The quantitative estimate of drug-likeness (QED) is 0.608. The number of rotatable bonds is 3. The summed E-state index contributed by atoms with van der Waals surface area (Å²) in [6, 6.07) is 6.12. The maximum Gasteiger partial charge on any atom is 0.181 e. The summed E-state index contributed by atoms with van der Waals surface area (Å²) in [5.74, 6) is 2.13. The van der Waals surface area contributed by atoms with Gasteiger partial charge in [0.1, 0.15) is 0 Å². The zero-order valence-corrected chi connectivity index (χ0v) is 8.29. The number of carbonyl (C=O) groups is 1. The van der Waals surface area contributed by atoms with Crippen molar-refractivity contribution in [2.24, 2.45) is 5.73 Å². The predicted molar refractivity (Wildman–Crippen MR) is 57.2 cm³/mol. The molecule has 72 valence electrons. The van der Waals surface area contributed by atoms with Gasteiger partial charge in [0.2, 0.25) is 0 Å². The van der Waals surface area contributed by atoms with Gasteiger partial charge in [-0.1, -0.05) is 23.7 Å². The molecule has 0 saturated heterocycles. The van der Waals surface area contributed by atoms with Crippen LogP contribution in [0.5, 0.6) is 0 Å². The van der Waals surface area contributed by atoms with Gasteiger partial charge in [-0.3, -0.25) is 4.79 Å². The molecule has 0 spiro atoms. The first-order valence-corrected chi connectivity index (χ1v) is 4.52. The molecule has 0 aromatic heterocycles. The molecule has 0 bridgehead atoms. The van der Waals surface area contributed by atoms with Gasteiger partial charge in [-0.25, -0.2) is 0 Å². The van der Waals surface area contributed by atoms with E-state index in [1.54, 1.807) is 24.3 Å². The van der Waals surface area contributed by atoms with E-state index in [1.807, 2.05) is 0 Å². The van der Waals surface area contributed by atoms with Crippen LogP contribution in [-0.4, -0.2) is 11.8 Å². The second kappa shape index (κ2) is 4.80. The third-order valence-corrected chi connectivity index (χ3v) is 2.14. The lowest BCUT2D eigenvalue weighted by atomic mass is 10.0. The zero-order chi connectivity index (χ0) is 10.6. The molecule has 1 atom stereocenters. The molecule has 0 aliphatic heterocycles. The fourth-order valence-corrected chi connectivity index (χ4v) is 1.31. The molecule has 0 fully saturated rings. The number of benzene rings is 1. The highest BCUT2D eigenvalue weighted by atomic mass is 35.5. The molecule has 0 saturated carbocycles. The first-order valence-electron chi connectivity index (χ1n) is 4.14. The number of nitrogens with two attached hydrogens (primary N) is 1. The second-order valence-corrected chi connectivity index (χ2v) is 3.27. The number of Topliss-reactive ketones (excluding diaryl/α,β-unsaturated/α-hetero) is 1. The Balaban J connectivity index is 2.91. The topological polar surface area (TPSA) is 43.1 Å². The zero-order valence-electron chi connectivity index (χ0n) is 7.53. The van der Waals surface area contributed by atoms with E-state index in [0.717, 1.165) is 0 Å². The molecule has 0 radical (unpaired) electrons. The Morgan fingerprint density at radius 3 is 2.79 bits per heavy atom. The van der Waals surface area contributed by atoms with Crippen LogP contribution in [0.25, 0.3) is 0 Å². The van der Waals surface area contributed by atoms with Crippen LogP contribution in [0.2, 0.25) is 5.02 Å². The summed E-state index contributed by atoms with van der Waals surface area (Å²) < 4.78 is 0. The minimum atomic E-state index is -0.667. The Labute approximate surface area is 88.1 Å². The number of carbonyl (C=O) groups excluding carboxylic acids is 1. The van der Waals surface area contributed by atoms with E-state index >= 15 is 0 Å². The molecule has 1 unspecified atom stereocenters. The van der Waals surface area contributed by atoms with E-state index in [2.05, 4.69) is 5.92 Å². The lowest BCUT2D eigenvalue weighted by Gasteiger charge is -2.07. The molecule has 1 rings (SSSR count). The van der Waals surface area contributed by atoms with Crippen LogP contribution in [0.1, 0.15) is 16.8 Å².